The highest BCUT2D eigenvalue weighted by Crippen LogP contribution is 2.26. The maximum Gasteiger partial charge on any atom is 0.309 e. The van der Waals surface area contributed by atoms with Crippen LogP contribution in [-0.4, -0.2) is 35.3 Å². The summed E-state index contributed by atoms with van der Waals surface area (Å²) in [6.07, 6.45) is 6.92. The Labute approximate surface area is 157 Å². The van der Waals surface area contributed by atoms with Gasteiger partial charge in [-0.25, -0.2) is 0 Å². The van der Waals surface area contributed by atoms with Crippen molar-refractivity contribution in [3.8, 4) is 0 Å². The van der Waals surface area contributed by atoms with E-state index in [0.717, 1.165) is 38.5 Å². The normalized spacial score (nSPS) is 14.8. The molecule has 0 atom stereocenters. The van der Waals surface area contributed by atoms with Crippen molar-refractivity contribution in [2.45, 2.75) is 98.0 Å². The zero-order valence-electron chi connectivity index (χ0n) is 19.3. The number of rotatable bonds is 15. The first-order chi connectivity index (χ1) is 12.7. The minimum Gasteiger partial charge on any atom is -0.481 e. The number of ether oxygens (including phenoxy) is 1. The van der Waals surface area contributed by atoms with Crippen LogP contribution in [0.1, 0.15) is 96.0 Å². The molecule has 0 saturated carbocycles. The first-order valence-electron chi connectivity index (χ1n) is 10.8. The Morgan fingerprint density at radius 3 is 1.56 bits per heavy atom. The Morgan fingerprint density at radius 2 is 1.24 bits per heavy atom. The van der Waals surface area contributed by atoms with E-state index in [1.165, 1.54) is 0 Å². The van der Waals surface area contributed by atoms with Gasteiger partial charge in [0.25, 0.3) is 0 Å². The van der Waals surface area contributed by atoms with Crippen molar-refractivity contribution < 1.29 is 28.7 Å². The molecule has 25 heavy (non-hydrogen) atoms. The molecule has 0 amide bonds. The van der Waals surface area contributed by atoms with Gasteiger partial charge >= 0.3 is 11.9 Å². The molecule has 0 saturated heterocycles. The van der Waals surface area contributed by atoms with E-state index in [4.69, 9.17) is 19.1 Å². The summed E-state index contributed by atoms with van der Waals surface area (Å²) in [5.41, 5.74) is -1.48. The van der Waals surface area contributed by atoms with Crippen molar-refractivity contribution in [1.82, 2.24) is 0 Å². The molecule has 0 aromatic heterocycles. The molecule has 5 nitrogen and oxygen atoms in total. The Morgan fingerprint density at radius 1 is 0.840 bits per heavy atom. The topological polar surface area (TPSA) is 83.8 Å². The Bertz CT molecular complexity index is 451. The summed E-state index contributed by atoms with van der Waals surface area (Å²) in [4.78, 5) is 22.2. The molecule has 0 spiro atoms. The third-order valence-corrected chi connectivity index (χ3v) is 4.98. The number of carbonyl (C=O) groups is 2. The number of hydrogen-bond donors (Lipinski definition) is 2. The lowest BCUT2D eigenvalue weighted by molar-refractivity contribution is -0.148. The lowest BCUT2D eigenvalue weighted by atomic mass is 9.86. The van der Waals surface area contributed by atoms with Crippen molar-refractivity contribution in [3.63, 3.8) is 0 Å². The smallest absolute Gasteiger partial charge is 0.309 e. The molecule has 0 aliphatic carbocycles. The summed E-state index contributed by atoms with van der Waals surface area (Å²) < 4.78 is 27.2. The summed E-state index contributed by atoms with van der Waals surface area (Å²) in [5.74, 6) is -1.61. The van der Waals surface area contributed by atoms with Gasteiger partial charge in [0.1, 0.15) is 0 Å². The lowest BCUT2D eigenvalue weighted by Gasteiger charge is -2.20. The van der Waals surface area contributed by atoms with Crippen molar-refractivity contribution in [1.29, 1.82) is 0 Å². The van der Waals surface area contributed by atoms with Crippen LogP contribution in [-0.2, 0) is 14.3 Å². The van der Waals surface area contributed by atoms with Gasteiger partial charge in [-0.05, 0) is 53.4 Å². The summed E-state index contributed by atoms with van der Waals surface area (Å²) in [6, 6.07) is 0. The number of unbranched alkanes of at least 4 members (excludes halogenated alkanes) is 4. The monoisotopic (exact) mass is 361 g/mol. The highest BCUT2D eigenvalue weighted by Gasteiger charge is 2.26. The van der Waals surface area contributed by atoms with E-state index >= 15 is 0 Å². The number of methoxy groups -OCH3 is 1. The zero-order valence-corrected chi connectivity index (χ0v) is 16.3. The van der Waals surface area contributed by atoms with Gasteiger partial charge in [-0.2, -0.15) is 0 Å². The number of hydrogen-bond acceptors (Lipinski definition) is 3. The van der Waals surface area contributed by atoms with Crippen LogP contribution in [0.4, 0.5) is 0 Å². The van der Waals surface area contributed by atoms with Gasteiger partial charge in [-0.3, -0.25) is 9.59 Å². The van der Waals surface area contributed by atoms with Gasteiger partial charge in [-0.15, -0.1) is 0 Å². The molecule has 0 rings (SSSR count). The number of carboxylic acid groups (broad SMARTS) is 2. The maximum absolute atomic E-state index is 11.1. The highest BCUT2D eigenvalue weighted by atomic mass is 16.5. The molecule has 0 aromatic carbocycles. The fourth-order valence-electron chi connectivity index (χ4n) is 2.71. The average Bonchev–Trinajstić information content (AvgIpc) is 2.51. The van der Waals surface area contributed by atoms with Gasteiger partial charge in [-0.1, -0.05) is 38.5 Å². The second kappa shape index (κ2) is 11.5. The van der Waals surface area contributed by atoms with Gasteiger partial charge in [0.15, 0.2) is 0 Å². The van der Waals surface area contributed by atoms with Crippen LogP contribution in [0.3, 0.4) is 0 Å². The second-order valence-corrected chi connectivity index (χ2v) is 8.32. The summed E-state index contributed by atoms with van der Waals surface area (Å²) in [6.45, 7) is 6.84. The Balaban J connectivity index is 4.24. The quantitative estimate of drug-likeness (QED) is 0.395. The molecule has 0 aliphatic rings. The minimum atomic E-state index is -2.43. The zero-order chi connectivity index (χ0) is 22.0. The number of aliphatic carboxylic acids is 2. The summed E-state index contributed by atoms with van der Waals surface area (Å²) in [7, 11) is -2.43. The predicted octanol–water partition coefficient (Wildman–Crippen LogP) is 5.12. The molecular formula is C20H38O5. The average molecular weight is 362 g/mol. The first-order valence-corrected chi connectivity index (χ1v) is 9.32. The second-order valence-electron chi connectivity index (χ2n) is 8.32. The molecule has 0 unspecified atom stereocenters. The van der Waals surface area contributed by atoms with Crippen LogP contribution in [0.25, 0.3) is 0 Å². The number of carboxylic acids is 2. The van der Waals surface area contributed by atoms with Crippen LogP contribution in [0.2, 0.25) is 0 Å². The van der Waals surface area contributed by atoms with Crippen molar-refractivity contribution >= 4 is 11.9 Å². The van der Waals surface area contributed by atoms with E-state index in [2.05, 4.69) is 0 Å². The molecule has 0 heterocycles. The van der Waals surface area contributed by atoms with Crippen LogP contribution in [0.15, 0.2) is 0 Å². The van der Waals surface area contributed by atoms with Crippen molar-refractivity contribution in [3.05, 3.63) is 0 Å². The van der Waals surface area contributed by atoms with Gasteiger partial charge in [0.05, 0.1) is 21.0 Å². The van der Waals surface area contributed by atoms with Gasteiger partial charge in [0, 0.05) is 7.04 Å². The molecule has 2 N–H and O–H groups in total. The van der Waals surface area contributed by atoms with E-state index in [-0.39, 0.29) is 6.10 Å². The van der Waals surface area contributed by atoms with E-state index in [1.807, 2.05) is 0 Å². The summed E-state index contributed by atoms with van der Waals surface area (Å²) >= 11 is 0. The predicted molar refractivity (Wildman–Crippen MR) is 99.8 cm³/mol. The third-order valence-electron chi connectivity index (χ3n) is 4.98. The molecular weight excluding hydrogens is 320 g/mol. The van der Waals surface area contributed by atoms with E-state index in [1.54, 1.807) is 27.7 Å². The highest BCUT2D eigenvalue weighted by molar-refractivity contribution is 5.73. The van der Waals surface area contributed by atoms with Crippen LogP contribution in [0.5, 0.6) is 0 Å². The molecule has 0 bridgehead atoms. The molecule has 0 aliphatic heterocycles. The fraction of sp³-hybridized carbons (Fsp3) is 0.900. The minimum absolute atomic E-state index is 0.354. The summed E-state index contributed by atoms with van der Waals surface area (Å²) in [5, 5.41) is 18.2. The van der Waals surface area contributed by atoms with Crippen LogP contribution in [0, 0.1) is 10.8 Å². The van der Waals surface area contributed by atoms with Crippen molar-refractivity contribution in [2.24, 2.45) is 10.8 Å². The van der Waals surface area contributed by atoms with E-state index in [9.17, 15) is 9.59 Å². The van der Waals surface area contributed by atoms with Crippen LogP contribution >= 0.6 is 0 Å². The van der Waals surface area contributed by atoms with Crippen LogP contribution < -0.4 is 0 Å². The third kappa shape index (κ3) is 10.5. The van der Waals surface area contributed by atoms with Gasteiger partial charge in [0.2, 0.25) is 0 Å². The fourth-order valence-corrected chi connectivity index (χ4v) is 2.71. The van der Waals surface area contributed by atoms with Gasteiger partial charge < -0.3 is 14.9 Å². The maximum atomic E-state index is 11.1. The van der Waals surface area contributed by atoms with E-state index < -0.39 is 29.8 Å². The SMILES string of the molecule is [2H]C([2H])([2H])OC(CCCCCC(C)(C)C(=O)O)CCCCCC(C)(C)C(=O)O. The first kappa shape index (κ1) is 18.7. The molecule has 0 radical (unpaired) electrons. The molecule has 148 valence electrons. The largest absolute Gasteiger partial charge is 0.481 e. The molecule has 0 aromatic rings. The molecule has 0 fully saturated rings. The Kier molecular flexibility index (Phi) is 8.60. The Hall–Kier alpha value is -1.10. The lowest BCUT2D eigenvalue weighted by Crippen LogP contribution is -2.23. The van der Waals surface area contributed by atoms with Crippen molar-refractivity contribution in [2.75, 3.05) is 7.04 Å². The molecule has 5 heteroatoms. The van der Waals surface area contributed by atoms with E-state index in [0.29, 0.717) is 25.7 Å². The standard InChI is InChI=1S/C20H38O5/c1-19(2,17(21)22)14-10-6-8-12-16(25-5)13-9-7-11-15-20(3,4)18(23)24/h16H,6-15H2,1-5H3,(H,21,22)(H,23,24)/i5D3.